The maximum Gasteiger partial charge on any atom is 0.343 e. The summed E-state index contributed by atoms with van der Waals surface area (Å²) >= 11 is 9.83. The largest absolute Gasteiger partial charge is 0.497 e. The van der Waals surface area contributed by atoms with E-state index in [4.69, 9.17) is 21.1 Å². The van der Waals surface area contributed by atoms with Crippen LogP contribution in [0.1, 0.15) is 26.4 Å². The van der Waals surface area contributed by atoms with E-state index in [1.54, 1.807) is 72.8 Å². The Bertz CT molecular complexity index is 1770. The van der Waals surface area contributed by atoms with E-state index >= 15 is 0 Å². The van der Waals surface area contributed by atoms with Crippen LogP contribution in [-0.4, -0.2) is 30.2 Å². The van der Waals surface area contributed by atoms with Crippen molar-refractivity contribution in [2.45, 2.75) is 0 Å². The fourth-order valence-corrected chi connectivity index (χ4v) is 4.70. The fraction of sp³-hybridized carbons (Fsp3) is 0.0333. The first kappa shape index (κ1) is 27.1. The molecule has 0 unspecified atom stereocenters. The molecule has 0 radical (unpaired) electrons. The molecule has 0 aliphatic carbocycles. The summed E-state index contributed by atoms with van der Waals surface area (Å²) in [4.78, 5) is 29.0. The monoisotopic (exact) mass is 619 g/mol. The Morgan fingerprint density at radius 2 is 1.80 bits per heavy atom. The molecular weight excluding hydrogens is 601 g/mol. The van der Waals surface area contributed by atoms with Crippen molar-refractivity contribution in [3.63, 3.8) is 0 Å². The molecule has 10 heteroatoms. The molecular formula is C30H20BrClFN3O4. The second-order valence-electron chi connectivity index (χ2n) is 8.54. The molecule has 1 heterocycles. The lowest BCUT2D eigenvalue weighted by Crippen LogP contribution is -2.19. The highest BCUT2D eigenvalue weighted by Gasteiger charge is 2.21. The number of fused-ring (bicyclic) bond motifs is 1. The van der Waals surface area contributed by atoms with Crippen LogP contribution in [0, 0.1) is 5.82 Å². The van der Waals surface area contributed by atoms with E-state index in [2.05, 4.69) is 31.4 Å². The van der Waals surface area contributed by atoms with E-state index in [1.165, 1.54) is 25.5 Å². The third-order valence-corrected chi connectivity index (χ3v) is 6.82. The molecule has 2 N–H and O–H groups in total. The predicted molar refractivity (Wildman–Crippen MR) is 156 cm³/mol. The predicted octanol–water partition coefficient (Wildman–Crippen LogP) is 7.38. The zero-order valence-electron chi connectivity index (χ0n) is 20.9. The van der Waals surface area contributed by atoms with E-state index in [0.29, 0.717) is 48.4 Å². The maximum atomic E-state index is 14.1. The number of nitrogens with one attached hydrogen (secondary N) is 2. The minimum Gasteiger partial charge on any atom is -0.497 e. The van der Waals surface area contributed by atoms with Gasteiger partial charge in [-0.2, -0.15) is 5.10 Å². The highest BCUT2D eigenvalue weighted by atomic mass is 79.9. The zero-order chi connectivity index (χ0) is 28.2. The summed E-state index contributed by atoms with van der Waals surface area (Å²) in [6, 6.07) is 22.7. The molecule has 4 aromatic carbocycles. The number of H-pyrrole nitrogens is 1. The number of hydrazone groups is 1. The van der Waals surface area contributed by atoms with Crippen molar-refractivity contribution in [3.8, 4) is 22.6 Å². The number of methoxy groups -OCH3 is 1. The van der Waals surface area contributed by atoms with Gasteiger partial charge in [-0.25, -0.2) is 14.6 Å². The van der Waals surface area contributed by atoms with Crippen LogP contribution in [0.25, 0.3) is 22.0 Å². The Hall–Kier alpha value is -4.47. The Labute approximate surface area is 241 Å². The average molecular weight is 621 g/mol. The Morgan fingerprint density at radius 3 is 2.55 bits per heavy atom. The number of aromatic nitrogens is 1. The zero-order valence-corrected chi connectivity index (χ0v) is 23.2. The summed E-state index contributed by atoms with van der Waals surface area (Å²) < 4.78 is 25.5. The second kappa shape index (κ2) is 11.7. The minimum atomic E-state index is -0.574. The topological polar surface area (TPSA) is 92.8 Å². The molecule has 0 aliphatic heterocycles. The smallest absolute Gasteiger partial charge is 0.343 e. The first-order valence-corrected chi connectivity index (χ1v) is 13.1. The summed E-state index contributed by atoms with van der Waals surface area (Å²) in [6.45, 7) is 0. The molecule has 0 bridgehead atoms. The highest BCUT2D eigenvalue weighted by molar-refractivity contribution is 9.10. The highest BCUT2D eigenvalue weighted by Crippen LogP contribution is 2.37. The number of carbonyl (C=O) groups is 2. The molecule has 0 aliphatic rings. The van der Waals surface area contributed by atoms with Crippen molar-refractivity contribution in [3.05, 3.63) is 117 Å². The number of aromatic amines is 1. The van der Waals surface area contributed by atoms with Gasteiger partial charge in [0.1, 0.15) is 23.0 Å². The van der Waals surface area contributed by atoms with Gasteiger partial charge in [0.05, 0.1) is 18.9 Å². The van der Waals surface area contributed by atoms with Gasteiger partial charge >= 0.3 is 5.97 Å². The van der Waals surface area contributed by atoms with Gasteiger partial charge in [0.2, 0.25) is 0 Å². The SMILES string of the molecule is COc1ccc(C(=O)Oc2ccc(Br)cc2C=NNC(=O)c2[nH]c3ccc(F)cc3c2-c2ccccc2Cl)cc1. The van der Waals surface area contributed by atoms with Crippen molar-refractivity contribution in [1.29, 1.82) is 0 Å². The first-order chi connectivity index (χ1) is 19.3. The van der Waals surface area contributed by atoms with Gasteiger partial charge in [-0.05, 0) is 66.7 Å². The molecule has 200 valence electrons. The second-order valence-corrected chi connectivity index (χ2v) is 9.87. The number of amides is 1. The minimum absolute atomic E-state index is 0.159. The molecule has 0 saturated carbocycles. The molecule has 5 aromatic rings. The van der Waals surface area contributed by atoms with Crippen LogP contribution in [0.15, 0.2) is 94.5 Å². The summed E-state index contributed by atoms with van der Waals surface area (Å²) in [5.41, 5.74) is 4.99. The number of hydrogen-bond donors (Lipinski definition) is 2. The Morgan fingerprint density at radius 1 is 1.02 bits per heavy atom. The van der Waals surface area contributed by atoms with Crippen molar-refractivity contribution >= 4 is 56.5 Å². The number of esters is 1. The standard InChI is InChI=1S/C30H20BrClFN3O4/c1-39-21-10-6-17(7-11-21)30(38)40-26-13-8-19(31)14-18(26)16-34-36-29(37)28-27(22-4-2-3-5-24(22)32)23-15-20(33)9-12-25(23)35-28/h2-16,35H,1H3,(H,36,37). The lowest BCUT2D eigenvalue weighted by molar-refractivity contribution is 0.0734. The number of rotatable bonds is 7. The van der Waals surface area contributed by atoms with E-state index in [-0.39, 0.29) is 11.4 Å². The van der Waals surface area contributed by atoms with Gasteiger partial charge in [0.25, 0.3) is 5.91 Å². The van der Waals surface area contributed by atoms with Gasteiger partial charge in [0.15, 0.2) is 0 Å². The number of carbonyl (C=O) groups excluding carboxylic acids is 2. The van der Waals surface area contributed by atoms with Crippen LogP contribution in [0.2, 0.25) is 5.02 Å². The van der Waals surface area contributed by atoms with Crippen molar-refractivity contribution < 1.29 is 23.5 Å². The summed E-state index contributed by atoms with van der Waals surface area (Å²) in [7, 11) is 1.54. The molecule has 0 spiro atoms. The van der Waals surface area contributed by atoms with Gasteiger partial charge in [-0.3, -0.25) is 4.79 Å². The quantitative estimate of drug-likeness (QED) is 0.0859. The average Bonchev–Trinajstić information content (AvgIpc) is 3.33. The lowest BCUT2D eigenvalue weighted by atomic mass is 10.0. The molecule has 1 amide bonds. The van der Waals surface area contributed by atoms with Crippen LogP contribution >= 0.6 is 27.5 Å². The Balaban J connectivity index is 1.41. The Kier molecular flexibility index (Phi) is 7.95. The van der Waals surface area contributed by atoms with E-state index in [9.17, 15) is 14.0 Å². The lowest BCUT2D eigenvalue weighted by Gasteiger charge is -2.09. The van der Waals surface area contributed by atoms with Crippen LogP contribution in [0.5, 0.6) is 11.5 Å². The number of nitrogens with zero attached hydrogens (tertiary/aromatic N) is 1. The number of ether oxygens (including phenoxy) is 2. The van der Waals surface area contributed by atoms with Crippen LogP contribution in [0.4, 0.5) is 4.39 Å². The summed E-state index contributed by atoms with van der Waals surface area (Å²) in [6.07, 6.45) is 1.36. The number of benzene rings is 4. The van der Waals surface area contributed by atoms with Crippen molar-refractivity contribution in [1.82, 2.24) is 10.4 Å². The molecule has 5 rings (SSSR count). The molecule has 40 heavy (non-hydrogen) atoms. The number of hydrogen-bond acceptors (Lipinski definition) is 5. The van der Waals surface area contributed by atoms with Crippen molar-refractivity contribution in [2.75, 3.05) is 7.11 Å². The number of halogens is 3. The van der Waals surface area contributed by atoms with Gasteiger partial charge in [-0.1, -0.05) is 45.7 Å². The molecule has 0 fully saturated rings. The molecule has 0 saturated heterocycles. The van der Waals surface area contributed by atoms with E-state index in [0.717, 1.165) is 0 Å². The third kappa shape index (κ3) is 5.75. The summed E-state index contributed by atoms with van der Waals surface area (Å²) in [5, 5.41) is 4.99. The maximum absolute atomic E-state index is 14.1. The van der Waals surface area contributed by atoms with Crippen LogP contribution < -0.4 is 14.9 Å². The van der Waals surface area contributed by atoms with Crippen LogP contribution in [-0.2, 0) is 0 Å². The fourth-order valence-electron chi connectivity index (χ4n) is 4.09. The van der Waals surface area contributed by atoms with Crippen LogP contribution in [0.3, 0.4) is 0 Å². The molecule has 0 atom stereocenters. The first-order valence-electron chi connectivity index (χ1n) is 11.9. The molecule has 1 aromatic heterocycles. The van der Waals surface area contributed by atoms with Crippen molar-refractivity contribution in [2.24, 2.45) is 5.10 Å². The van der Waals surface area contributed by atoms with E-state index < -0.39 is 17.7 Å². The van der Waals surface area contributed by atoms with E-state index in [1.807, 2.05) is 0 Å². The van der Waals surface area contributed by atoms with Gasteiger partial charge in [0, 0.05) is 37.1 Å². The summed E-state index contributed by atoms with van der Waals surface area (Å²) in [5.74, 6) is -0.745. The van der Waals surface area contributed by atoms with Gasteiger partial charge < -0.3 is 14.5 Å². The third-order valence-electron chi connectivity index (χ3n) is 6.00. The molecule has 7 nitrogen and oxygen atoms in total. The normalized spacial score (nSPS) is 11.1. The van der Waals surface area contributed by atoms with Gasteiger partial charge in [-0.15, -0.1) is 0 Å².